The lowest BCUT2D eigenvalue weighted by molar-refractivity contribution is -0.121. The average molecular weight is 268 g/mol. The van der Waals surface area contributed by atoms with Gasteiger partial charge in [0.2, 0.25) is 5.91 Å². The monoisotopic (exact) mass is 268 g/mol. The molecule has 0 unspecified atom stereocenters. The maximum absolute atomic E-state index is 13.3. The number of carbonyl (C=O) groups excluding carboxylic acids is 2. The van der Waals surface area contributed by atoms with Crippen molar-refractivity contribution in [2.75, 3.05) is 13.2 Å². The Bertz CT molecular complexity index is 447. The van der Waals surface area contributed by atoms with E-state index < -0.39 is 17.6 Å². The molecule has 1 aromatic carbocycles. The minimum atomic E-state index is -0.648. The molecule has 2 amide bonds. The second kappa shape index (κ2) is 7.48. The number of carbonyl (C=O) groups is 2. The van der Waals surface area contributed by atoms with Gasteiger partial charge >= 0.3 is 0 Å². The Hall–Kier alpha value is -1.95. The predicted octanol–water partition coefficient (Wildman–Crippen LogP) is 0.443. The van der Waals surface area contributed by atoms with Gasteiger partial charge in [-0.2, -0.15) is 0 Å². The zero-order valence-electron chi connectivity index (χ0n) is 10.6. The topological polar surface area (TPSA) is 78.4 Å². The molecule has 0 aliphatic heterocycles. The van der Waals surface area contributed by atoms with Gasteiger partial charge < -0.3 is 15.7 Å². The third-order valence-corrected chi connectivity index (χ3v) is 2.61. The van der Waals surface area contributed by atoms with E-state index in [1.165, 1.54) is 24.3 Å². The minimum Gasteiger partial charge on any atom is -0.394 e. The van der Waals surface area contributed by atoms with E-state index in [1.54, 1.807) is 0 Å². The van der Waals surface area contributed by atoms with E-state index in [1.807, 2.05) is 6.92 Å². The number of aliphatic hydroxyl groups is 1. The lowest BCUT2D eigenvalue weighted by Crippen LogP contribution is -2.43. The molecule has 0 aliphatic carbocycles. The van der Waals surface area contributed by atoms with Crippen molar-refractivity contribution >= 4 is 11.8 Å². The van der Waals surface area contributed by atoms with Gasteiger partial charge in [-0.15, -0.1) is 0 Å². The van der Waals surface area contributed by atoms with Crippen LogP contribution in [0.2, 0.25) is 0 Å². The zero-order valence-corrected chi connectivity index (χ0v) is 10.6. The van der Waals surface area contributed by atoms with E-state index >= 15 is 0 Å². The summed E-state index contributed by atoms with van der Waals surface area (Å²) >= 11 is 0. The molecule has 1 atom stereocenters. The number of benzene rings is 1. The second-order valence-corrected chi connectivity index (χ2v) is 4.02. The molecule has 1 rings (SSSR count). The molecule has 0 heterocycles. The lowest BCUT2D eigenvalue weighted by atomic mass is 10.2. The number of hydrogen-bond acceptors (Lipinski definition) is 3. The van der Waals surface area contributed by atoms with E-state index in [2.05, 4.69) is 10.6 Å². The van der Waals surface area contributed by atoms with Crippen molar-refractivity contribution < 1.29 is 19.1 Å². The summed E-state index contributed by atoms with van der Waals surface area (Å²) in [6, 6.07) is 5.19. The minimum absolute atomic E-state index is 0.107. The fraction of sp³-hybridized carbons (Fsp3) is 0.385. The van der Waals surface area contributed by atoms with Gasteiger partial charge in [-0.05, 0) is 18.6 Å². The Kier molecular flexibility index (Phi) is 5.95. The van der Waals surface area contributed by atoms with E-state index in [-0.39, 0.29) is 24.8 Å². The summed E-state index contributed by atoms with van der Waals surface area (Å²) in [5.74, 6) is -1.71. The molecule has 0 fully saturated rings. The van der Waals surface area contributed by atoms with Gasteiger partial charge in [-0.3, -0.25) is 9.59 Å². The molecule has 5 nitrogen and oxygen atoms in total. The van der Waals surface area contributed by atoms with Gasteiger partial charge in [0.25, 0.3) is 5.91 Å². The third kappa shape index (κ3) is 4.67. The van der Waals surface area contributed by atoms with Crippen LogP contribution in [-0.4, -0.2) is 36.1 Å². The highest BCUT2D eigenvalue weighted by atomic mass is 19.1. The highest BCUT2D eigenvalue weighted by Gasteiger charge is 2.13. The first-order valence-corrected chi connectivity index (χ1v) is 6.01. The number of rotatable bonds is 6. The zero-order chi connectivity index (χ0) is 14.3. The fourth-order valence-corrected chi connectivity index (χ4v) is 1.46. The van der Waals surface area contributed by atoms with Crippen LogP contribution in [0.25, 0.3) is 0 Å². The van der Waals surface area contributed by atoms with Crippen LogP contribution < -0.4 is 10.6 Å². The molecule has 1 aromatic rings. The van der Waals surface area contributed by atoms with Crippen molar-refractivity contribution in [3.05, 3.63) is 35.6 Å². The van der Waals surface area contributed by atoms with Gasteiger partial charge in [-0.1, -0.05) is 19.1 Å². The van der Waals surface area contributed by atoms with Crippen LogP contribution >= 0.6 is 0 Å². The number of nitrogens with one attached hydrogen (secondary N) is 2. The third-order valence-electron chi connectivity index (χ3n) is 2.61. The summed E-state index contributed by atoms with van der Waals surface area (Å²) in [5, 5.41) is 13.8. The molecular weight excluding hydrogens is 251 g/mol. The van der Waals surface area contributed by atoms with Crippen LogP contribution in [-0.2, 0) is 4.79 Å². The van der Waals surface area contributed by atoms with Crippen LogP contribution in [0.1, 0.15) is 23.7 Å². The lowest BCUT2D eigenvalue weighted by Gasteiger charge is -2.14. The maximum atomic E-state index is 13.3. The summed E-state index contributed by atoms with van der Waals surface area (Å²) in [6.45, 7) is 1.40. The standard InChI is InChI=1S/C13H17FN2O3/c1-2-9(8-17)16-12(18)7-15-13(19)10-5-3-4-6-11(10)14/h3-6,9,17H,2,7-8H2,1H3,(H,15,19)(H,16,18)/t9-/m0/s1. The predicted molar refractivity (Wildman–Crippen MR) is 68.0 cm³/mol. The average Bonchev–Trinajstić information content (AvgIpc) is 2.42. The Labute approximate surface area is 110 Å². The van der Waals surface area contributed by atoms with Crippen LogP contribution in [0.3, 0.4) is 0 Å². The summed E-state index contributed by atoms with van der Waals surface area (Å²) in [4.78, 5) is 23.1. The maximum Gasteiger partial charge on any atom is 0.254 e. The van der Waals surface area contributed by atoms with Gasteiger partial charge in [0.15, 0.2) is 0 Å². The number of aliphatic hydroxyl groups excluding tert-OH is 1. The first-order valence-electron chi connectivity index (χ1n) is 6.01. The molecule has 3 N–H and O–H groups in total. The summed E-state index contributed by atoms with van der Waals surface area (Å²) in [5.41, 5.74) is -0.107. The Balaban J connectivity index is 2.47. The largest absolute Gasteiger partial charge is 0.394 e. The molecule has 0 saturated heterocycles. The highest BCUT2D eigenvalue weighted by molar-refractivity contribution is 5.96. The fourth-order valence-electron chi connectivity index (χ4n) is 1.46. The van der Waals surface area contributed by atoms with Crippen molar-refractivity contribution in [1.29, 1.82) is 0 Å². The van der Waals surface area contributed by atoms with Crippen LogP contribution in [0.4, 0.5) is 4.39 Å². The second-order valence-electron chi connectivity index (χ2n) is 4.02. The normalized spacial score (nSPS) is 11.7. The van der Waals surface area contributed by atoms with E-state index in [9.17, 15) is 14.0 Å². The van der Waals surface area contributed by atoms with E-state index in [0.717, 1.165) is 0 Å². The molecule has 0 radical (unpaired) electrons. The Morgan fingerprint density at radius 2 is 2.05 bits per heavy atom. The summed E-state index contributed by atoms with van der Waals surface area (Å²) in [7, 11) is 0. The van der Waals surface area contributed by atoms with Crippen LogP contribution in [0.15, 0.2) is 24.3 Å². The molecule has 0 saturated carbocycles. The van der Waals surface area contributed by atoms with Gasteiger partial charge in [0.05, 0.1) is 24.8 Å². The van der Waals surface area contributed by atoms with Crippen molar-refractivity contribution in [3.63, 3.8) is 0 Å². The Morgan fingerprint density at radius 1 is 1.37 bits per heavy atom. The van der Waals surface area contributed by atoms with Crippen LogP contribution in [0.5, 0.6) is 0 Å². The molecule has 0 aliphatic rings. The smallest absolute Gasteiger partial charge is 0.254 e. The van der Waals surface area contributed by atoms with Gasteiger partial charge in [0.1, 0.15) is 5.82 Å². The number of amides is 2. The number of halogens is 1. The van der Waals surface area contributed by atoms with Crippen molar-refractivity contribution in [3.8, 4) is 0 Å². The highest BCUT2D eigenvalue weighted by Crippen LogP contribution is 2.05. The van der Waals surface area contributed by atoms with E-state index in [0.29, 0.717) is 6.42 Å². The molecule has 6 heteroatoms. The Morgan fingerprint density at radius 3 is 2.63 bits per heavy atom. The first kappa shape index (κ1) is 15.1. The van der Waals surface area contributed by atoms with Crippen LogP contribution in [0, 0.1) is 5.82 Å². The van der Waals surface area contributed by atoms with Crippen molar-refractivity contribution in [2.45, 2.75) is 19.4 Å². The molecule has 19 heavy (non-hydrogen) atoms. The van der Waals surface area contributed by atoms with Gasteiger partial charge in [0, 0.05) is 0 Å². The van der Waals surface area contributed by atoms with Gasteiger partial charge in [-0.25, -0.2) is 4.39 Å². The summed E-state index contributed by atoms with van der Waals surface area (Å²) < 4.78 is 13.3. The molecule has 104 valence electrons. The SMILES string of the molecule is CC[C@@H](CO)NC(=O)CNC(=O)c1ccccc1F. The molecule has 0 bridgehead atoms. The molecule has 0 aromatic heterocycles. The molecule has 0 spiro atoms. The number of hydrogen-bond donors (Lipinski definition) is 3. The summed E-state index contributed by atoms with van der Waals surface area (Å²) in [6.07, 6.45) is 0.587. The first-order chi connectivity index (χ1) is 9.08. The molecular formula is C13H17FN2O3. The van der Waals surface area contributed by atoms with E-state index in [4.69, 9.17) is 5.11 Å². The van der Waals surface area contributed by atoms with Crippen molar-refractivity contribution in [1.82, 2.24) is 10.6 Å². The van der Waals surface area contributed by atoms with Crippen molar-refractivity contribution in [2.24, 2.45) is 0 Å². The quantitative estimate of drug-likeness (QED) is 0.700.